The van der Waals surface area contributed by atoms with Crippen LogP contribution in [-0.4, -0.2) is 16.3 Å². The molecule has 0 unspecified atom stereocenters. The number of rotatable bonds is 1. The molecule has 1 heterocycles. The summed E-state index contributed by atoms with van der Waals surface area (Å²) in [5.74, 6) is 0.316. The maximum atomic E-state index is 10.1. The summed E-state index contributed by atoms with van der Waals surface area (Å²) in [6, 6.07) is 0. The lowest BCUT2D eigenvalue weighted by Crippen LogP contribution is -2.16. The fourth-order valence-corrected chi connectivity index (χ4v) is 0.406. The quantitative estimate of drug-likeness (QED) is 0.589. The van der Waals surface area contributed by atoms with Crippen molar-refractivity contribution in [3.63, 3.8) is 0 Å². The van der Waals surface area contributed by atoms with E-state index in [-0.39, 0.29) is 6.08 Å². The molecule has 10 heavy (non-hydrogen) atoms. The minimum Gasteiger partial charge on any atom is -0.393 e. The number of hydrogen-bond donors (Lipinski definition) is 1. The van der Waals surface area contributed by atoms with Gasteiger partial charge in [-0.25, -0.2) is 4.79 Å². The molecule has 0 aliphatic carbocycles. The zero-order chi connectivity index (χ0) is 7.56. The van der Waals surface area contributed by atoms with Crippen LogP contribution in [0.15, 0.2) is 4.42 Å². The maximum Gasteiger partial charge on any atom is 0.423 e. The van der Waals surface area contributed by atoms with Crippen LogP contribution in [0.5, 0.6) is 6.08 Å². The Morgan fingerprint density at radius 1 is 1.70 bits per heavy atom. The van der Waals surface area contributed by atoms with Crippen LogP contribution in [-0.2, 0) is 0 Å². The largest absolute Gasteiger partial charge is 0.423 e. The predicted molar refractivity (Wildman–Crippen MR) is 29.2 cm³/mol. The van der Waals surface area contributed by atoms with Gasteiger partial charge >= 0.3 is 12.2 Å². The molecule has 1 aromatic rings. The first-order valence-corrected chi connectivity index (χ1v) is 2.46. The first kappa shape index (κ1) is 6.53. The molecule has 6 heteroatoms. The van der Waals surface area contributed by atoms with Crippen molar-refractivity contribution < 1.29 is 13.9 Å². The summed E-state index contributed by atoms with van der Waals surface area (Å²) in [6.07, 6.45) is -1.20. The highest BCUT2D eigenvalue weighted by atomic mass is 16.6. The van der Waals surface area contributed by atoms with Crippen molar-refractivity contribution in [2.24, 2.45) is 5.73 Å². The van der Waals surface area contributed by atoms with Crippen molar-refractivity contribution in [3.8, 4) is 6.08 Å². The average Bonchev–Trinajstić information content (AvgIpc) is 2.13. The van der Waals surface area contributed by atoms with E-state index in [9.17, 15) is 4.79 Å². The number of aryl methyl sites for hydroxylation is 1. The van der Waals surface area contributed by atoms with Crippen molar-refractivity contribution >= 4 is 6.09 Å². The SMILES string of the molecule is Cc1nnc(OC(N)=O)o1. The second-order valence-corrected chi connectivity index (χ2v) is 1.51. The van der Waals surface area contributed by atoms with E-state index in [1.807, 2.05) is 0 Å². The van der Waals surface area contributed by atoms with E-state index in [1.165, 1.54) is 0 Å². The molecule has 0 aromatic carbocycles. The van der Waals surface area contributed by atoms with Gasteiger partial charge < -0.3 is 14.9 Å². The number of amides is 1. The van der Waals surface area contributed by atoms with Crippen LogP contribution in [0.25, 0.3) is 0 Å². The summed E-state index contributed by atoms with van der Waals surface area (Å²) in [4.78, 5) is 10.1. The third kappa shape index (κ3) is 1.44. The molecular weight excluding hydrogens is 138 g/mol. The maximum absolute atomic E-state index is 10.1. The lowest BCUT2D eigenvalue weighted by molar-refractivity contribution is 0.193. The van der Waals surface area contributed by atoms with E-state index in [0.717, 1.165) is 0 Å². The molecule has 2 N–H and O–H groups in total. The highest BCUT2D eigenvalue weighted by Crippen LogP contribution is 2.05. The highest BCUT2D eigenvalue weighted by molar-refractivity contribution is 5.66. The summed E-state index contributed by atoms with van der Waals surface area (Å²) in [5, 5.41) is 6.74. The predicted octanol–water partition coefficient (Wildman–Crippen LogP) is -0.164. The molecule has 0 atom stereocenters. The molecule has 0 bridgehead atoms. The Hall–Kier alpha value is -1.59. The number of nitrogens with zero attached hydrogens (tertiary/aromatic N) is 2. The molecular formula is C4H5N3O3. The minimum atomic E-state index is -0.969. The molecule has 0 radical (unpaired) electrons. The third-order valence-corrected chi connectivity index (χ3v) is 0.695. The molecule has 6 nitrogen and oxygen atoms in total. The average molecular weight is 143 g/mol. The Morgan fingerprint density at radius 3 is 2.80 bits per heavy atom. The van der Waals surface area contributed by atoms with Crippen LogP contribution in [0, 0.1) is 6.92 Å². The first-order chi connectivity index (χ1) is 4.68. The molecule has 1 aromatic heterocycles. The van der Waals surface area contributed by atoms with E-state index < -0.39 is 6.09 Å². The lowest BCUT2D eigenvalue weighted by atomic mass is 10.8. The number of primary amides is 1. The van der Waals surface area contributed by atoms with Gasteiger partial charge in [0.05, 0.1) is 0 Å². The fraction of sp³-hybridized carbons (Fsp3) is 0.250. The Bertz CT molecular complexity index is 244. The van der Waals surface area contributed by atoms with E-state index in [0.29, 0.717) is 5.89 Å². The van der Waals surface area contributed by atoms with E-state index in [2.05, 4.69) is 25.1 Å². The number of aromatic nitrogens is 2. The molecule has 0 fully saturated rings. The first-order valence-electron chi connectivity index (χ1n) is 2.46. The Labute approximate surface area is 56.0 Å². The van der Waals surface area contributed by atoms with Gasteiger partial charge in [0.15, 0.2) is 0 Å². The van der Waals surface area contributed by atoms with Gasteiger partial charge in [-0.05, 0) is 0 Å². The molecule has 0 spiro atoms. The van der Waals surface area contributed by atoms with Crippen LogP contribution in [0.4, 0.5) is 4.79 Å². The van der Waals surface area contributed by atoms with Gasteiger partial charge in [-0.3, -0.25) is 0 Å². The minimum absolute atomic E-state index is 0.231. The second kappa shape index (κ2) is 2.34. The van der Waals surface area contributed by atoms with Gasteiger partial charge in [0.2, 0.25) is 5.89 Å². The molecule has 54 valence electrons. The summed E-state index contributed by atoms with van der Waals surface area (Å²) < 4.78 is 8.88. The number of carbonyl (C=O) groups excluding carboxylic acids is 1. The number of carbonyl (C=O) groups is 1. The zero-order valence-corrected chi connectivity index (χ0v) is 5.20. The lowest BCUT2D eigenvalue weighted by Gasteiger charge is -1.88. The standard InChI is InChI=1S/C4H5N3O3/c1-2-6-7-4(9-2)10-3(5)8/h1H3,(H2,5,8). The molecule has 1 amide bonds. The number of ether oxygens (including phenoxy) is 1. The van der Waals surface area contributed by atoms with Crippen LogP contribution in [0.2, 0.25) is 0 Å². The van der Waals surface area contributed by atoms with Crippen molar-refractivity contribution in [1.29, 1.82) is 0 Å². The zero-order valence-electron chi connectivity index (χ0n) is 5.20. The number of nitrogens with two attached hydrogens (primary N) is 1. The van der Waals surface area contributed by atoms with Gasteiger partial charge in [-0.2, -0.15) is 0 Å². The molecule has 1 rings (SSSR count). The van der Waals surface area contributed by atoms with Crippen molar-refractivity contribution in [2.45, 2.75) is 6.92 Å². The van der Waals surface area contributed by atoms with Gasteiger partial charge in [-0.1, -0.05) is 5.10 Å². The Morgan fingerprint density at radius 2 is 2.40 bits per heavy atom. The van der Waals surface area contributed by atoms with Crippen molar-refractivity contribution in [3.05, 3.63) is 5.89 Å². The number of hydrogen-bond acceptors (Lipinski definition) is 5. The van der Waals surface area contributed by atoms with Gasteiger partial charge in [0, 0.05) is 6.92 Å². The van der Waals surface area contributed by atoms with Gasteiger partial charge in [-0.15, -0.1) is 5.10 Å². The van der Waals surface area contributed by atoms with E-state index in [1.54, 1.807) is 6.92 Å². The highest BCUT2D eigenvalue weighted by Gasteiger charge is 2.04. The Balaban J connectivity index is 2.67. The molecule has 0 saturated heterocycles. The van der Waals surface area contributed by atoms with Gasteiger partial charge in [0.1, 0.15) is 0 Å². The van der Waals surface area contributed by atoms with E-state index >= 15 is 0 Å². The molecule has 0 aliphatic rings. The van der Waals surface area contributed by atoms with Gasteiger partial charge in [0.25, 0.3) is 0 Å². The summed E-state index contributed by atoms with van der Waals surface area (Å²) in [6.45, 7) is 1.57. The van der Waals surface area contributed by atoms with Crippen molar-refractivity contribution in [1.82, 2.24) is 10.2 Å². The summed E-state index contributed by atoms with van der Waals surface area (Å²) >= 11 is 0. The van der Waals surface area contributed by atoms with Crippen molar-refractivity contribution in [2.75, 3.05) is 0 Å². The summed E-state index contributed by atoms with van der Waals surface area (Å²) in [7, 11) is 0. The smallest absolute Gasteiger partial charge is 0.393 e. The third-order valence-electron chi connectivity index (χ3n) is 0.695. The van der Waals surface area contributed by atoms with Crippen LogP contribution in [0.3, 0.4) is 0 Å². The second-order valence-electron chi connectivity index (χ2n) is 1.51. The monoisotopic (exact) mass is 143 g/mol. The van der Waals surface area contributed by atoms with Crippen LogP contribution >= 0.6 is 0 Å². The molecule has 0 aliphatic heterocycles. The van der Waals surface area contributed by atoms with Crippen LogP contribution in [0.1, 0.15) is 5.89 Å². The fourth-order valence-electron chi connectivity index (χ4n) is 0.406. The van der Waals surface area contributed by atoms with E-state index in [4.69, 9.17) is 0 Å². The summed E-state index contributed by atoms with van der Waals surface area (Å²) in [5.41, 5.74) is 4.64. The molecule has 0 saturated carbocycles. The Kier molecular flexibility index (Phi) is 1.53. The topological polar surface area (TPSA) is 91.2 Å². The normalized spacial score (nSPS) is 9.30. The van der Waals surface area contributed by atoms with Crippen LogP contribution < -0.4 is 10.5 Å².